The van der Waals surface area contributed by atoms with Crippen LogP contribution < -0.4 is 5.32 Å². The van der Waals surface area contributed by atoms with Crippen molar-refractivity contribution in [3.8, 4) is 0 Å². The van der Waals surface area contributed by atoms with Crippen LogP contribution in [0.4, 0.5) is 5.13 Å². The van der Waals surface area contributed by atoms with Crippen molar-refractivity contribution in [2.45, 2.75) is 28.5 Å². The van der Waals surface area contributed by atoms with Crippen LogP contribution in [0.2, 0.25) is 0 Å². The number of rotatable bonds is 6. The summed E-state index contributed by atoms with van der Waals surface area (Å²) in [6.45, 7) is 0. The number of nitrogens with one attached hydrogen (secondary N) is 1. The highest BCUT2D eigenvalue weighted by Crippen LogP contribution is 2.39. The summed E-state index contributed by atoms with van der Waals surface area (Å²) in [6, 6.07) is 10.1. The standard InChI is InChI=1S/C14H15N3O2S2/c1-19-12(18)11(9-5-3-2-4-6-9)20-14-17-16-13(21-14)15-10-7-8-10/h2-6,10-11H,7-8H2,1H3,(H,15,16). The molecule has 1 aliphatic carbocycles. The van der Waals surface area contributed by atoms with Gasteiger partial charge in [0.15, 0.2) is 4.34 Å². The van der Waals surface area contributed by atoms with Gasteiger partial charge < -0.3 is 10.1 Å². The number of hydrogen-bond acceptors (Lipinski definition) is 7. The molecule has 1 saturated carbocycles. The topological polar surface area (TPSA) is 64.1 Å². The normalized spacial score (nSPS) is 15.5. The second kappa shape index (κ2) is 6.44. The second-order valence-corrected chi connectivity index (χ2v) is 7.05. The number of methoxy groups -OCH3 is 1. The molecule has 21 heavy (non-hydrogen) atoms. The fourth-order valence-corrected chi connectivity index (χ4v) is 3.85. The zero-order valence-electron chi connectivity index (χ0n) is 11.5. The van der Waals surface area contributed by atoms with Crippen LogP contribution in [0.1, 0.15) is 23.7 Å². The van der Waals surface area contributed by atoms with E-state index in [0.717, 1.165) is 15.0 Å². The number of benzene rings is 1. The van der Waals surface area contributed by atoms with Crippen molar-refractivity contribution in [2.24, 2.45) is 0 Å². The first-order chi connectivity index (χ1) is 10.3. The van der Waals surface area contributed by atoms with Crippen LogP contribution in [-0.4, -0.2) is 29.3 Å². The molecule has 7 heteroatoms. The Labute approximate surface area is 131 Å². The molecule has 0 amide bonds. The smallest absolute Gasteiger partial charge is 0.323 e. The summed E-state index contributed by atoms with van der Waals surface area (Å²) >= 11 is 2.85. The predicted octanol–water partition coefficient (Wildman–Crippen LogP) is 3.12. The van der Waals surface area contributed by atoms with Crippen LogP contribution in [0.15, 0.2) is 34.7 Å². The lowest BCUT2D eigenvalue weighted by Gasteiger charge is -2.12. The van der Waals surface area contributed by atoms with Crippen molar-refractivity contribution < 1.29 is 9.53 Å². The van der Waals surface area contributed by atoms with Crippen molar-refractivity contribution in [3.63, 3.8) is 0 Å². The summed E-state index contributed by atoms with van der Waals surface area (Å²) in [5.74, 6) is -0.280. The van der Waals surface area contributed by atoms with Crippen LogP contribution in [-0.2, 0) is 9.53 Å². The van der Waals surface area contributed by atoms with Gasteiger partial charge in [-0.2, -0.15) is 0 Å². The van der Waals surface area contributed by atoms with Crippen LogP contribution in [0.5, 0.6) is 0 Å². The van der Waals surface area contributed by atoms with E-state index in [0.29, 0.717) is 6.04 Å². The molecule has 1 aromatic heterocycles. The van der Waals surface area contributed by atoms with E-state index in [1.807, 2.05) is 30.3 Å². The Morgan fingerprint density at radius 1 is 1.38 bits per heavy atom. The van der Waals surface area contributed by atoms with Gasteiger partial charge >= 0.3 is 5.97 Å². The molecule has 1 fully saturated rings. The van der Waals surface area contributed by atoms with Crippen LogP contribution in [0.25, 0.3) is 0 Å². The fourth-order valence-electron chi connectivity index (χ4n) is 1.81. The Balaban J connectivity index is 1.74. The minimum absolute atomic E-state index is 0.280. The molecule has 0 aliphatic heterocycles. The van der Waals surface area contributed by atoms with E-state index in [9.17, 15) is 4.79 Å². The van der Waals surface area contributed by atoms with Gasteiger partial charge in [-0.3, -0.25) is 4.79 Å². The van der Waals surface area contributed by atoms with Crippen LogP contribution >= 0.6 is 23.1 Å². The molecule has 1 aromatic carbocycles. The maximum Gasteiger partial charge on any atom is 0.323 e. The lowest BCUT2D eigenvalue weighted by Crippen LogP contribution is -2.10. The molecule has 1 aliphatic rings. The van der Waals surface area contributed by atoms with Gasteiger partial charge in [0.25, 0.3) is 0 Å². The first-order valence-electron chi connectivity index (χ1n) is 6.65. The van der Waals surface area contributed by atoms with Crippen molar-refractivity contribution in [3.05, 3.63) is 35.9 Å². The first kappa shape index (κ1) is 14.3. The number of carbonyl (C=O) groups excluding carboxylic acids is 1. The maximum atomic E-state index is 12.0. The largest absolute Gasteiger partial charge is 0.468 e. The van der Waals surface area contributed by atoms with Gasteiger partial charge in [-0.05, 0) is 18.4 Å². The minimum Gasteiger partial charge on any atom is -0.468 e. The van der Waals surface area contributed by atoms with E-state index in [2.05, 4.69) is 15.5 Å². The molecule has 2 aromatic rings. The third-order valence-electron chi connectivity index (χ3n) is 3.05. The number of hydrogen-bond donors (Lipinski definition) is 1. The van der Waals surface area contributed by atoms with Crippen molar-refractivity contribution in [2.75, 3.05) is 12.4 Å². The summed E-state index contributed by atoms with van der Waals surface area (Å²) in [4.78, 5) is 12.0. The molecule has 0 radical (unpaired) electrons. The highest BCUT2D eigenvalue weighted by molar-refractivity contribution is 8.01. The van der Waals surface area contributed by atoms with E-state index < -0.39 is 5.25 Å². The number of thioether (sulfide) groups is 1. The second-order valence-electron chi connectivity index (χ2n) is 4.72. The van der Waals surface area contributed by atoms with Gasteiger partial charge in [0.2, 0.25) is 5.13 Å². The van der Waals surface area contributed by atoms with Crippen molar-refractivity contribution in [1.29, 1.82) is 0 Å². The Morgan fingerprint density at radius 2 is 2.14 bits per heavy atom. The summed E-state index contributed by atoms with van der Waals surface area (Å²) in [7, 11) is 1.40. The van der Waals surface area contributed by atoms with E-state index in [1.54, 1.807) is 0 Å². The molecule has 3 rings (SSSR count). The molecular weight excluding hydrogens is 306 g/mol. The number of carbonyl (C=O) groups is 1. The first-order valence-corrected chi connectivity index (χ1v) is 8.35. The number of esters is 1. The van der Waals surface area contributed by atoms with Gasteiger partial charge in [0, 0.05) is 6.04 Å². The summed E-state index contributed by atoms with van der Waals surface area (Å²) in [5.41, 5.74) is 0.904. The third kappa shape index (κ3) is 3.74. The van der Waals surface area contributed by atoms with E-state index >= 15 is 0 Å². The molecule has 0 saturated heterocycles. The van der Waals surface area contributed by atoms with Crippen molar-refractivity contribution in [1.82, 2.24) is 10.2 Å². The van der Waals surface area contributed by atoms with E-state index in [-0.39, 0.29) is 5.97 Å². The monoisotopic (exact) mass is 321 g/mol. The van der Waals surface area contributed by atoms with E-state index in [4.69, 9.17) is 4.74 Å². The SMILES string of the molecule is COC(=O)C(Sc1nnc(NC2CC2)s1)c1ccccc1. The van der Waals surface area contributed by atoms with Crippen LogP contribution in [0, 0.1) is 0 Å². The Hall–Kier alpha value is -1.60. The summed E-state index contributed by atoms with van der Waals surface area (Å²) in [5, 5.41) is 12.0. The number of anilines is 1. The van der Waals surface area contributed by atoms with E-state index in [1.165, 1.54) is 43.1 Å². The summed E-state index contributed by atoms with van der Waals surface area (Å²) in [6.07, 6.45) is 2.38. The van der Waals surface area contributed by atoms with Gasteiger partial charge in [-0.25, -0.2) is 0 Å². The van der Waals surface area contributed by atoms with Crippen molar-refractivity contribution >= 4 is 34.2 Å². The fraction of sp³-hybridized carbons (Fsp3) is 0.357. The third-order valence-corrected chi connectivity index (χ3v) is 5.22. The molecular formula is C14H15N3O2S2. The minimum atomic E-state index is -0.419. The lowest BCUT2D eigenvalue weighted by molar-refractivity contribution is -0.140. The average molecular weight is 321 g/mol. The Kier molecular flexibility index (Phi) is 4.40. The number of aromatic nitrogens is 2. The molecule has 5 nitrogen and oxygen atoms in total. The number of ether oxygens (including phenoxy) is 1. The average Bonchev–Trinajstić information content (AvgIpc) is 3.22. The molecule has 0 bridgehead atoms. The summed E-state index contributed by atoms with van der Waals surface area (Å²) < 4.78 is 5.66. The molecule has 0 spiro atoms. The zero-order valence-corrected chi connectivity index (χ0v) is 13.1. The highest BCUT2D eigenvalue weighted by atomic mass is 32.2. The Bertz CT molecular complexity index is 614. The maximum absolute atomic E-state index is 12.0. The van der Waals surface area contributed by atoms with Gasteiger partial charge in [0.05, 0.1) is 7.11 Å². The number of nitrogens with zero attached hydrogens (tertiary/aromatic N) is 2. The Morgan fingerprint density at radius 3 is 2.81 bits per heavy atom. The van der Waals surface area contributed by atoms with Gasteiger partial charge in [0.1, 0.15) is 5.25 Å². The molecule has 1 heterocycles. The zero-order chi connectivity index (χ0) is 14.7. The predicted molar refractivity (Wildman–Crippen MR) is 83.6 cm³/mol. The molecule has 1 N–H and O–H groups in total. The molecule has 1 atom stereocenters. The van der Waals surface area contributed by atoms with Crippen LogP contribution in [0.3, 0.4) is 0 Å². The van der Waals surface area contributed by atoms with Gasteiger partial charge in [-0.1, -0.05) is 53.4 Å². The van der Waals surface area contributed by atoms with Gasteiger partial charge in [-0.15, -0.1) is 10.2 Å². The highest BCUT2D eigenvalue weighted by Gasteiger charge is 2.26. The molecule has 110 valence electrons. The quantitative estimate of drug-likeness (QED) is 0.651. The lowest BCUT2D eigenvalue weighted by atomic mass is 10.1. The molecule has 1 unspecified atom stereocenters.